The van der Waals surface area contributed by atoms with Crippen LogP contribution < -0.4 is 0 Å². The van der Waals surface area contributed by atoms with Crippen LogP contribution in [0.1, 0.15) is 19.3 Å². The van der Waals surface area contributed by atoms with Crippen LogP contribution in [0.5, 0.6) is 0 Å². The Hall–Kier alpha value is -0.520. The average molecular weight is 232 g/mol. The minimum absolute atomic E-state index is 0.0530. The normalized spacial score (nSPS) is 34.1. The summed E-state index contributed by atoms with van der Waals surface area (Å²) in [7, 11) is 0. The molecule has 1 aliphatic rings. The lowest BCUT2D eigenvalue weighted by molar-refractivity contribution is -0.528. The maximum Gasteiger partial charge on any atom is 0.392 e. The maximum absolute atomic E-state index is 12.2. The standard InChI is InChI=1S/C7H9ClF3NO2/c8-5-2-1-4(7(9,10)11)3-6(5)12(13)14/h4-6H,1-3H2. The van der Waals surface area contributed by atoms with Crippen molar-refractivity contribution in [2.24, 2.45) is 5.92 Å². The van der Waals surface area contributed by atoms with Gasteiger partial charge in [-0.3, -0.25) is 10.1 Å². The van der Waals surface area contributed by atoms with Crippen molar-refractivity contribution < 1.29 is 18.1 Å². The zero-order valence-electron chi connectivity index (χ0n) is 7.13. The molecule has 3 nitrogen and oxygen atoms in total. The summed E-state index contributed by atoms with van der Waals surface area (Å²) in [5.41, 5.74) is 0. The van der Waals surface area contributed by atoms with E-state index in [-0.39, 0.29) is 12.8 Å². The molecule has 3 unspecified atom stereocenters. The Labute approximate surface area is 83.4 Å². The van der Waals surface area contributed by atoms with E-state index >= 15 is 0 Å². The summed E-state index contributed by atoms with van der Waals surface area (Å²) in [5.74, 6) is -1.58. The number of hydrogen-bond donors (Lipinski definition) is 0. The van der Waals surface area contributed by atoms with E-state index in [9.17, 15) is 23.3 Å². The molecule has 0 amide bonds. The third-order valence-corrected chi connectivity index (χ3v) is 2.98. The number of nitrogens with zero attached hydrogens (tertiary/aromatic N) is 1. The molecule has 3 atom stereocenters. The van der Waals surface area contributed by atoms with E-state index in [2.05, 4.69) is 0 Å². The first-order valence-electron chi connectivity index (χ1n) is 4.16. The number of rotatable bonds is 1. The molecule has 0 radical (unpaired) electrons. The van der Waals surface area contributed by atoms with Gasteiger partial charge in [0.15, 0.2) is 0 Å². The van der Waals surface area contributed by atoms with Crippen molar-refractivity contribution in [3.63, 3.8) is 0 Å². The molecule has 0 aliphatic heterocycles. The molecule has 0 bridgehead atoms. The van der Waals surface area contributed by atoms with Crippen molar-refractivity contribution in [3.05, 3.63) is 10.1 Å². The first-order chi connectivity index (χ1) is 6.32. The largest absolute Gasteiger partial charge is 0.392 e. The second-order valence-corrected chi connectivity index (χ2v) is 3.98. The van der Waals surface area contributed by atoms with Crippen molar-refractivity contribution in [2.75, 3.05) is 0 Å². The van der Waals surface area contributed by atoms with Crippen molar-refractivity contribution in [1.82, 2.24) is 0 Å². The lowest BCUT2D eigenvalue weighted by Crippen LogP contribution is -2.41. The molecule has 0 heterocycles. The molecule has 1 fully saturated rings. The highest BCUT2D eigenvalue weighted by Crippen LogP contribution is 2.39. The quantitative estimate of drug-likeness (QED) is 0.396. The Morgan fingerprint density at radius 3 is 2.36 bits per heavy atom. The Morgan fingerprint density at radius 2 is 1.93 bits per heavy atom. The van der Waals surface area contributed by atoms with Gasteiger partial charge in [0.2, 0.25) is 6.04 Å². The third kappa shape index (κ3) is 2.50. The van der Waals surface area contributed by atoms with Crippen LogP contribution in [-0.4, -0.2) is 22.5 Å². The van der Waals surface area contributed by atoms with Gasteiger partial charge in [-0.15, -0.1) is 11.6 Å². The zero-order chi connectivity index (χ0) is 10.9. The third-order valence-electron chi connectivity index (χ3n) is 2.47. The van der Waals surface area contributed by atoms with Gasteiger partial charge in [-0.05, 0) is 12.8 Å². The van der Waals surface area contributed by atoms with E-state index in [1.54, 1.807) is 0 Å². The summed E-state index contributed by atoms with van der Waals surface area (Å²) < 4.78 is 36.7. The first kappa shape index (κ1) is 11.6. The number of halogens is 4. The summed E-state index contributed by atoms with van der Waals surface area (Å²) in [6, 6.07) is -1.27. The minimum atomic E-state index is -4.34. The molecular formula is C7H9ClF3NO2. The summed E-state index contributed by atoms with van der Waals surface area (Å²) in [4.78, 5) is 9.68. The SMILES string of the molecule is O=[N+]([O-])C1CC(C(F)(F)F)CCC1Cl. The second kappa shape index (κ2) is 3.92. The smallest absolute Gasteiger partial charge is 0.264 e. The summed E-state index contributed by atoms with van der Waals surface area (Å²) in [5, 5.41) is 9.62. The van der Waals surface area contributed by atoms with Gasteiger partial charge in [-0.25, -0.2) is 0 Å². The van der Waals surface area contributed by atoms with E-state index in [0.717, 1.165) is 0 Å². The monoisotopic (exact) mass is 231 g/mol. The predicted molar refractivity (Wildman–Crippen MR) is 43.8 cm³/mol. The lowest BCUT2D eigenvalue weighted by Gasteiger charge is -2.28. The highest BCUT2D eigenvalue weighted by Gasteiger charge is 2.48. The zero-order valence-corrected chi connectivity index (χ0v) is 7.88. The summed E-state index contributed by atoms with van der Waals surface area (Å²) in [6.07, 6.45) is -4.89. The van der Waals surface area contributed by atoms with Crippen LogP contribution in [-0.2, 0) is 0 Å². The topological polar surface area (TPSA) is 43.1 Å². The molecule has 0 aromatic heterocycles. The van der Waals surface area contributed by atoms with E-state index in [4.69, 9.17) is 11.6 Å². The molecule has 1 rings (SSSR count). The molecular weight excluding hydrogens is 223 g/mol. The van der Waals surface area contributed by atoms with Crippen molar-refractivity contribution in [1.29, 1.82) is 0 Å². The summed E-state index contributed by atoms with van der Waals surface area (Å²) in [6.45, 7) is 0. The molecule has 0 aromatic carbocycles. The number of hydrogen-bond acceptors (Lipinski definition) is 2. The molecule has 14 heavy (non-hydrogen) atoms. The molecule has 82 valence electrons. The van der Waals surface area contributed by atoms with Gasteiger partial charge in [-0.1, -0.05) is 0 Å². The van der Waals surface area contributed by atoms with Gasteiger partial charge in [0, 0.05) is 11.3 Å². The average Bonchev–Trinajstić information content (AvgIpc) is 2.02. The molecule has 0 saturated heterocycles. The van der Waals surface area contributed by atoms with Crippen LogP contribution in [0.3, 0.4) is 0 Å². The molecule has 1 saturated carbocycles. The fraction of sp³-hybridized carbons (Fsp3) is 1.00. The number of nitro groups is 1. The van der Waals surface area contributed by atoms with E-state index < -0.39 is 34.9 Å². The first-order valence-corrected chi connectivity index (χ1v) is 4.60. The highest BCUT2D eigenvalue weighted by atomic mass is 35.5. The molecule has 7 heteroatoms. The van der Waals surface area contributed by atoms with Gasteiger partial charge in [0.25, 0.3) is 0 Å². The minimum Gasteiger partial charge on any atom is -0.264 e. The van der Waals surface area contributed by atoms with Crippen molar-refractivity contribution >= 4 is 11.6 Å². The number of alkyl halides is 4. The van der Waals surface area contributed by atoms with Gasteiger partial charge in [-0.2, -0.15) is 13.2 Å². The predicted octanol–water partition coefficient (Wildman–Crippen LogP) is 2.60. The van der Waals surface area contributed by atoms with E-state index in [1.807, 2.05) is 0 Å². The van der Waals surface area contributed by atoms with Crippen LogP contribution in [0.25, 0.3) is 0 Å². The Kier molecular flexibility index (Phi) is 3.24. The molecule has 0 spiro atoms. The molecule has 0 N–H and O–H groups in total. The van der Waals surface area contributed by atoms with Crippen LogP contribution in [0.2, 0.25) is 0 Å². The van der Waals surface area contributed by atoms with Crippen LogP contribution in [0.15, 0.2) is 0 Å². The van der Waals surface area contributed by atoms with Gasteiger partial charge >= 0.3 is 6.18 Å². The van der Waals surface area contributed by atoms with Crippen LogP contribution in [0, 0.1) is 16.0 Å². The van der Waals surface area contributed by atoms with Crippen molar-refractivity contribution in [2.45, 2.75) is 36.9 Å². The highest BCUT2D eigenvalue weighted by molar-refractivity contribution is 6.21. The molecule has 1 aliphatic carbocycles. The van der Waals surface area contributed by atoms with Gasteiger partial charge in [0.05, 0.1) is 5.92 Å². The van der Waals surface area contributed by atoms with Gasteiger partial charge < -0.3 is 0 Å². The van der Waals surface area contributed by atoms with E-state index in [1.165, 1.54) is 0 Å². The maximum atomic E-state index is 12.2. The lowest BCUT2D eigenvalue weighted by atomic mass is 9.85. The van der Waals surface area contributed by atoms with Crippen LogP contribution >= 0.6 is 11.6 Å². The van der Waals surface area contributed by atoms with E-state index in [0.29, 0.717) is 0 Å². The Balaban J connectivity index is 2.67. The summed E-state index contributed by atoms with van der Waals surface area (Å²) >= 11 is 5.58. The fourth-order valence-electron chi connectivity index (χ4n) is 1.63. The Bertz CT molecular complexity index is 233. The van der Waals surface area contributed by atoms with Crippen LogP contribution in [0.4, 0.5) is 13.2 Å². The van der Waals surface area contributed by atoms with Crippen molar-refractivity contribution in [3.8, 4) is 0 Å². The second-order valence-electron chi connectivity index (χ2n) is 3.42. The Morgan fingerprint density at radius 1 is 1.36 bits per heavy atom. The van der Waals surface area contributed by atoms with Gasteiger partial charge in [0.1, 0.15) is 5.38 Å². The molecule has 0 aromatic rings. The fourth-order valence-corrected chi connectivity index (χ4v) is 1.95.